The molecule has 1 atom stereocenters. The van der Waals surface area contributed by atoms with E-state index in [1.807, 2.05) is 4.57 Å². The van der Waals surface area contributed by atoms with Gasteiger partial charge in [-0.05, 0) is 50.0 Å². The number of nitrogens with zero attached hydrogens (tertiary/aromatic N) is 4. The number of nitrogens with one attached hydrogen (secondary N) is 1. The van der Waals surface area contributed by atoms with Gasteiger partial charge in [-0.15, -0.1) is 0 Å². The molecular formula is C20H27N5O3S. The lowest BCUT2D eigenvalue weighted by molar-refractivity contribution is 0.331. The van der Waals surface area contributed by atoms with E-state index in [4.69, 9.17) is 4.98 Å². The van der Waals surface area contributed by atoms with Crippen LogP contribution in [-0.2, 0) is 10.0 Å². The Morgan fingerprint density at radius 3 is 2.59 bits per heavy atom. The van der Waals surface area contributed by atoms with Crippen molar-refractivity contribution in [3.05, 3.63) is 28.7 Å². The van der Waals surface area contributed by atoms with Crippen LogP contribution in [0.4, 0.5) is 5.95 Å². The molecule has 9 heteroatoms. The Labute approximate surface area is 170 Å². The number of rotatable bonds is 4. The fourth-order valence-electron chi connectivity index (χ4n) is 5.19. The first kappa shape index (κ1) is 19.0. The van der Waals surface area contributed by atoms with E-state index in [1.165, 1.54) is 36.2 Å². The van der Waals surface area contributed by atoms with Gasteiger partial charge in [-0.3, -0.25) is 9.36 Å². The first-order valence-corrected chi connectivity index (χ1v) is 12.3. The van der Waals surface area contributed by atoms with Gasteiger partial charge in [-0.1, -0.05) is 6.42 Å². The van der Waals surface area contributed by atoms with E-state index >= 15 is 0 Å². The third-order valence-electron chi connectivity index (χ3n) is 6.99. The molecule has 2 aromatic rings. The Morgan fingerprint density at radius 1 is 1.14 bits per heavy atom. The summed E-state index contributed by atoms with van der Waals surface area (Å²) in [7, 11) is -3.14. The van der Waals surface area contributed by atoms with Gasteiger partial charge in [-0.25, -0.2) is 17.7 Å². The molecule has 1 aliphatic heterocycles. The Morgan fingerprint density at radius 2 is 1.90 bits per heavy atom. The lowest BCUT2D eigenvalue weighted by atomic mass is 10.00. The second-order valence-corrected chi connectivity index (χ2v) is 10.8. The van der Waals surface area contributed by atoms with Crippen molar-refractivity contribution < 1.29 is 8.42 Å². The first-order chi connectivity index (χ1) is 13.9. The van der Waals surface area contributed by atoms with Gasteiger partial charge in [0, 0.05) is 42.8 Å². The topological polar surface area (TPSA) is 97.2 Å². The summed E-state index contributed by atoms with van der Waals surface area (Å²) in [5, 5.41) is 4.24. The summed E-state index contributed by atoms with van der Waals surface area (Å²) in [5.41, 5.74) is 1.03. The molecule has 2 aliphatic carbocycles. The summed E-state index contributed by atoms with van der Waals surface area (Å²) in [6.45, 7) is 0.999. The number of hydrogen-bond acceptors (Lipinski definition) is 6. The van der Waals surface area contributed by atoms with E-state index < -0.39 is 10.0 Å². The second kappa shape index (κ2) is 6.77. The largest absolute Gasteiger partial charge is 0.351 e. The lowest BCUT2D eigenvalue weighted by Crippen LogP contribution is -2.42. The molecule has 3 fully saturated rings. The molecule has 2 aromatic heterocycles. The number of fused-ring (bicyclic) bond motifs is 1. The maximum absolute atomic E-state index is 12.8. The summed E-state index contributed by atoms with van der Waals surface area (Å²) in [4.78, 5) is 22.0. The fraction of sp³-hybridized carbons (Fsp3) is 0.650. The highest BCUT2D eigenvalue weighted by Gasteiger charge is 2.53. The summed E-state index contributed by atoms with van der Waals surface area (Å²) in [5.74, 6) is 0.512. The normalized spacial score (nSPS) is 24.9. The predicted molar refractivity (Wildman–Crippen MR) is 111 cm³/mol. The zero-order valence-corrected chi connectivity index (χ0v) is 17.5. The molecule has 1 saturated heterocycles. The minimum atomic E-state index is -3.14. The van der Waals surface area contributed by atoms with Crippen LogP contribution in [0.2, 0.25) is 0 Å². The molecule has 156 valence electrons. The maximum Gasteiger partial charge on any atom is 0.252 e. The number of anilines is 1. The van der Waals surface area contributed by atoms with Crippen LogP contribution < -0.4 is 10.9 Å². The first-order valence-electron chi connectivity index (χ1n) is 10.5. The van der Waals surface area contributed by atoms with Gasteiger partial charge in [0.15, 0.2) is 0 Å². The molecule has 1 spiro atoms. The quantitative estimate of drug-likeness (QED) is 0.819. The highest BCUT2D eigenvalue weighted by Crippen LogP contribution is 2.63. The SMILES string of the molecule is CS(=O)(=O)N1CCC(Nc2ncc3ccc(=O)n([C@H]4CCCC45CC5)c3n2)CC1. The Balaban J connectivity index is 1.42. The second-order valence-electron chi connectivity index (χ2n) is 8.87. The van der Waals surface area contributed by atoms with Crippen molar-refractivity contribution in [3.63, 3.8) is 0 Å². The van der Waals surface area contributed by atoms with Gasteiger partial charge in [0.2, 0.25) is 16.0 Å². The summed E-state index contributed by atoms with van der Waals surface area (Å²) in [6.07, 6.45) is 10.3. The molecule has 3 aliphatic rings. The molecule has 29 heavy (non-hydrogen) atoms. The van der Waals surface area contributed by atoms with Crippen molar-refractivity contribution in [2.45, 2.75) is 57.0 Å². The number of aromatic nitrogens is 3. The third kappa shape index (κ3) is 3.44. The zero-order chi connectivity index (χ0) is 20.2. The minimum absolute atomic E-state index is 0.0155. The monoisotopic (exact) mass is 417 g/mol. The molecule has 1 N–H and O–H groups in total. The van der Waals surface area contributed by atoms with Crippen molar-refractivity contribution in [2.24, 2.45) is 5.41 Å². The number of pyridine rings is 1. The third-order valence-corrected chi connectivity index (χ3v) is 8.29. The van der Waals surface area contributed by atoms with Gasteiger partial charge in [-0.2, -0.15) is 4.98 Å². The van der Waals surface area contributed by atoms with Crippen molar-refractivity contribution >= 4 is 27.0 Å². The number of sulfonamides is 1. The Hall–Kier alpha value is -2.00. The van der Waals surface area contributed by atoms with Gasteiger partial charge in [0.25, 0.3) is 5.56 Å². The smallest absolute Gasteiger partial charge is 0.252 e. The average molecular weight is 418 g/mol. The van der Waals surface area contributed by atoms with Crippen LogP contribution in [-0.4, -0.2) is 52.6 Å². The van der Waals surface area contributed by atoms with E-state index in [1.54, 1.807) is 18.3 Å². The van der Waals surface area contributed by atoms with Crippen LogP contribution >= 0.6 is 0 Å². The van der Waals surface area contributed by atoms with Crippen molar-refractivity contribution in [3.8, 4) is 0 Å². The molecule has 0 radical (unpaired) electrons. The molecule has 5 rings (SSSR count). The molecule has 8 nitrogen and oxygen atoms in total. The highest BCUT2D eigenvalue weighted by atomic mass is 32.2. The summed E-state index contributed by atoms with van der Waals surface area (Å²) >= 11 is 0. The van der Waals surface area contributed by atoms with Crippen LogP contribution in [0, 0.1) is 5.41 Å². The summed E-state index contributed by atoms with van der Waals surface area (Å²) < 4.78 is 26.8. The van der Waals surface area contributed by atoms with Gasteiger partial charge >= 0.3 is 0 Å². The minimum Gasteiger partial charge on any atom is -0.351 e. The van der Waals surface area contributed by atoms with Crippen molar-refractivity contribution in [1.82, 2.24) is 18.8 Å². The van der Waals surface area contributed by atoms with Crippen molar-refractivity contribution in [2.75, 3.05) is 24.7 Å². The van der Waals surface area contributed by atoms with E-state index in [0.29, 0.717) is 42.9 Å². The van der Waals surface area contributed by atoms with Crippen LogP contribution in [0.15, 0.2) is 23.1 Å². The summed E-state index contributed by atoms with van der Waals surface area (Å²) in [6, 6.07) is 3.79. The Bertz CT molecular complexity index is 1100. The molecule has 3 heterocycles. The van der Waals surface area contributed by atoms with Crippen LogP contribution in [0.5, 0.6) is 0 Å². The molecule has 0 bridgehead atoms. The molecule has 0 aromatic carbocycles. The standard InChI is InChI=1S/C20H27N5O3S/c1-29(27,28)24-11-6-15(7-12-24)22-19-21-13-14-4-5-17(26)25(18(14)23-19)16-3-2-8-20(16)9-10-20/h4-5,13,15-16H,2-3,6-12H2,1H3,(H,21,22,23)/t16-/m0/s1. The molecule has 0 unspecified atom stereocenters. The van der Waals surface area contributed by atoms with E-state index in [2.05, 4.69) is 10.3 Å². The van der Waals surface area contributed by atoms with Crippen LogP contribution in [0.1, 0.15) is 51.0 Å². The van der Waals surface area contributed by atoms with Crippen molar-refractivity contribution in [1.29, 1.82) is 0 Å². The maximum atomic E-state index is 12.8. The predicted octanol–water partition coefficient (Wildman–Crippen LogP) is 2.13. The van der Waals surface area contributed by atoms with E-state index in [-0.39, 0.29) is 17.6 Å². The zero-order valence-electron chi connectivity index (χ0n) is 16.7. The van der Waals surface area contributed by atoms with Crippen LogP contribution in [0.25, 0.3) is 11.0 Å². The van der Waals surface area contributed by atoms with Gasteiger partial charge in [0.05, 0.1) is 6.26 Å². The average Bonchev–Trinajstić information content (AvgIpc) is 3.35. The fourth-order valence-corrected chi connectivity index (χ4v) is 6.06. The van der Waals surface area contributed by atoms with Gasteiger partial charge in [0.1, 0.15) is 5.65 Å². The van der Waals surface area contributed by atoms with E-state index in [0.717, 1.165) is 11.8 Å². The molecule has 2 saturated carbocycles. The van der Waals surface area contributed by atoms with Gasteiger partial charge < -0.3 is 5.32 Å². The highest BCUT2D eigenvalue weighted by molar-refractivity contribution is 7.88. The van der Waals surface area contributed by atoms with E-state index in [9.17, 15) is 13.2 Å². The van der Waals surface area contributed by atoms with Crippen LogP contribution in [0.3, 0.4) is 0 Å². The number of piperidine rings is 1. The molecule has 0 amide bonds. The number of hydrogen-bond donors (Lipinski definition) is 1. The molecular weight excluding hydrogens is 390 g/mol. The Kier molecular flexibility index (Phi) is 4.43. The lowest BCUT2D eigenvalue weighted by Gasteiger charge is -2.30.